The molecule has 1 saturated heterocycles. The summed E-state index contributed by atoms with van der Waals surface area (Å²) >= 11 is 0. The molecule has 1 heterocycles. The normalized spacial score (nSPS) is 19.6. The molecule has 0 aromatic heterocycles. The standard InChI is InChI=1S/C15H21FN2O3/c1-21-14(11-4-6-12(16)7-5-11)9-17-15(20)18-8-2-3-13(18)10-19/h4-7,13-14,19H,2-3,8-10H2,1H3,(H,17,20)/t13-,14-/m1/s1. The molecular weight excluding hydrogens is 275 g/mol. The maximum Gasteiger partial charge on any atom is 0.317 e. The molecule has 6 heteroatoms. The van der Waals surface area contributed by atoms with E-state index in [1.807, 2.05) is 0 Å². The van der Waals surface area contributed by atoms with Gasteiger partial charge in [-0.1, -0.05) is 12.1 Å². The Morgan fingerprint density at radius 3 is 2.86 bits per heavy atom. The van der Waals surface area contributed by atoms with Gasteiger partial charge in [-0.15, -0.1) is 0 Å². The lowest BCUT2D eigenvalue weighted by molar-refractivity contribution is 0.0993. The first-order valence-electron chi connectivity index (χ1n) is 7.09. The van der Waals surface area contributed by atoms with Crippen molar-refractivity contribution in [3.63, 3.8) is 0 Å². The summed E-state index contributed by atoms with van der Waals surface area (Å²) in [7, 11) is 1.55. The molecule has 0 spiro atoms. The smallest absolute Gasteiger partial charge is 0.317 e. The van der Waals surface area contributed by atoms with E-state index in [0.717, 1.165) is 18.4 Å². The van der Waals surface area contributed by atoms with E-state index in [4.69, 9.17) is 4.74 Å². The number of methoxy groups -OCH3 is 1. The van der Waals surface area contributed by atoms with Crippen molar-refractivity contribution < 1.29 is 19.0 Å². The number of benzene rings is 1. The second-order valence-corrected chi connectivity index (χ2v) is 5.13. The Morgan fingerprint density at radius 1 is 1.52 bits per heavy atom. The second-order valence-electron chi connectivity index (χ2n) is 5.13. The quantitative estimate of drug-likeness (QED) is 0.869. The lowest BCUT2D eigenvalue weighted by Crippen LogP contribution is -2.45. The number of likely N-dealkylation sites (tertiary alicyclic amines) is 1. The number of aliphatic hydroxyl groups excluding tert-OH is 1. The fourth-order valence-corrected chi connectivity index (χ4v) is 2.59. The van der Waals surface area contributed by atoms with Gasteiger partial charge >= 0.3 is 6.03 Å². The van der Waals surface area contributed by atoms with Crippen molar-refractivity contribution >= 4 is 6.03 Å². The van der Waals surface area contributed by atoms with Gasteiger partial charge in [0, 0.05) is 20.2 Å². The molecule has 5 nitrogen and oxygen atoms in total. The van der Waals surface area contributed by atoms with Crippen molar-refractivity contribution in [1.29, 1.82) is 0 Å². The molecule has 2 N–H and O–H groups in total. The van der Waals surface area contributed by atoms with Crippen molar-refractivity contribution in [2.75, 3.05) is 26.8 Å². The highest BCUT2D eigenvalue weighted by Crippen LogP contribution is 2.18. The number of ether oxygens (including phenoxy) is 1. The summed E-state index contributed by atoms with van der Waals surface area (Å²) in [6.07, 6.45) is 1.41. The number of rotatable bonds is 5. The summed E-state index contributed by atoms with van der Waals surface area (Å²) in [6.45, 7) is 0.944. The van der Waals surface area contributed by atoms with Crippen LogP contribution < -0.4 is 5.32 Å². The van der Waals surface area contributed by atoms with Crippen LogP contribution in [0.1, 0.15) is 24.5 Å². The minimum Gasteiger partial charge on any atom is -0.394 e. The van der Waals surface area contributed by atoms with Gasteiger partial charge in [-0.05, 0) is 30.5 Å². The molecule has 1 aromatic rings. The molecule has 0 unspecified atom stereocenters. The Morgan fingerprint density at radius 2 is 2.24 bits per heavy atom. The number of urea groups is 1. The van der Waals surface area contributed by atoms with Crippen LogP contribution in [0.3, 0.4) is 0 Å². The molecule has 0 aliphatic carbocycles. The van der Waals surface area contributed by atoms with Gasteiger partial charge in [0.2, 0.25) is 0 Å². The van der Waals surface area contributed by atoms with Crippen LogP contribution in [0.5, 0.6) is 0 Å². The third kappa shape index (κ3) is 3.92. The molecule has 2 atom stereocenters. The Labute approximate surface area is 123 Å². The van der Waals surface area contributed by atoms with E-state index >= 15 is 0 Å². The highest BCUT2D eigenvalue weighted by atomic mass is 19.1. The molecule has 2 rings (SSSR count). The zero-order valence-corrected chi connectivity index (χ0v) is 12.1. The van der Waals surface area contributed by atoms with Gasteiger partial charge in [0.1, 0.15) is 5.82 Å². The number of carbonyl (C=O) groups is 1. The van der Waals surface area contributed by atoms with Crippen molar-refractivity contribution in [3.05, 3.63) is 35.6 Å². The predicted molar refractivity (Wildman–Crippen MR) is 76.4 cm³/mol. The minimum atomic E-state index is -0.329. The summed E-state index contributed by atoms with van der Waals surface area (Å²) < 4.78 is 18.3. The number of hydrogen-bond donors (Lipinski definition) is 2. The molecular formula is C15H21FN2O3. The highest BCUT2D eigenvalue weighted by molar-refractivity contribution is 5.74. The topological polar surface area (TPSA) is 61.8 Å². The lowest BCUT2D eigenvalue weighted by atomic mass is 10.1. The van der Waals surface area contributed by atoms with Crippen molar-refractivity contribution in [3.8, 4) is 0 Å². The Bertz CT molecular complexity index is 466. The zero-order chi connectivity index (χ0) is 15.2. The number of hydrogen-bond acceptors (Lipinski definition) is 3. The maximum atomic E-state index is 12.9. The molecule has 116 valence electrons. The molecule has 1 aliphatic rings. The fraction of sp³-hybridized carbons (Fsp3) is 0.533. The summed E-state index contributed by atoms with van der Waals surface area (Å²) in [6, 6.07) is 5.72. The SMILES string of the molecule is CO[C@H](CNC(=O)N1CCC[C@@H]1CO)c1ccc(F)cc1. The molecule has 1 aliphatic heterocycles. The monoisotopic (exact) mass is 296 g/mol. The Hall–Kier alpha value is -1.66. The summed E-state index contributed by atoms with van der Waals surface area (Å²) in [4.78, 5) is 13.8. The van der Waals surface area contributed by atoms with Crippen molar-refractivity contribution in [1.82, 2.24) is 10.2 Å². The van der Waals surface area contributed by atoms with Gasteiger partial charge in [0.15, 0.2) is 0 Å². The fourth-order valence-electron chi connectivity index (χ4n) is 2.59. The van der Waals surface area contributed by atoms with Crippen LogP contribution in [-0.4, -0.2) is 48.9 Å². The van der Waals surface area contributed by atoms with Gasteiger partial charge in [0.25, 0.3) is 0 Å². The van der Waals surface area contributed by atoms with E-state index in [1.54, 1.807) is 24.1 Å². The van der Waals surface area contributed by atoms with Gasteiger partial charge in [-0.25, -0.2) is 9.18 Å². The van der Waals surface area contributed by atoms with E-state index in [1.165, 1.54) is 12.1 Å². The first-order chi connectivity index (χ1) is 10.2. The molecule has 1 fully saturated rings. The minimum absolute atomic E-state index is 0.0148. The van der Waals surface area contributed by atoms with E-state index < -0.39 is 0 Å². The number of amides is 2. The largest absolute Gasteiger partial charge is 0.394 e. The molecule has 2 amide bonds. The first-order valence-corrected chi connectivity index (χ1v) is 7.09. The van der Waals surface area contributed by atoms with Crippen molar-refractivity contribution in [2.45, 2.75) is 25.0 Å². The van der Waals surface area contributed by atoms with Gasteiger partial charge in [-0.2, -0.15) is 0 Å². The van der Waals surface area contributed by atoms with Gasteiger partial charge in [-0.3, -0.25) is 0 Å². The maximum absolute atomic E-state index is 12.9. The number of halogens is 1. The van der Waals surface area contributed by atoms with Crippen LogP contribution in [-0.2, 0) is 4.74 Å². The Kier molecular flexibility index (Phi) is 5.52. The number of nitrogens with one attached hydrogen (secondary N) is 1. The van der Waals surface area contributed by atoms with Crippen LogP contribution in [0.4, 0.5) is 9.18 Å². The van der Waals surface area contributed by atoms with Gasteiger partial charge in [0.05, 0.1) is 18.8 Å². The van der Waals surface area contributed by atoms with E-state index in [2.05, 4.69) is 5.32 Å². The Balaban J connectivity index is 1.90. The number of nitrogens with zero attached hydrogens (tertiary/aromatic N) is 1. The summed E-state index contributed by atoms with van der Waals surface area (Å²) in [5, 5.41) is 12.0. The summed E-state index contributed by atoms with van der Waals surface area (Å²) in [5.74, 6) is -0.305. The highest BCUT2D eigenvalue weighted by Gasteiger charge is 2.28. The number of aliphatic hydroxyl groups is 1. The van der Waals surface area contributed by atoms with Crippen LogP contribution in [0, 0.1) is 5.82 Å². The molecule has 0 radical (unpaired) electrons. The van der Waals surface area contributed by atoms with Gasteiger partial charge < -0.3 is 20.1 Å². The van der Waals surface area contributed by atoms with Crippen LogP contribution in [0.15, 0.2) is 24.3 Å². The summed E-state index contributed by atoms with van der Waals surface area (Å²) in [5.41, 5.74) is 0.805. The second kappa shape index (κ2) is 7.38. The third-order valence-electron chi connectivity index (χ3n) is 3.81. The molecule has 0 bridgehead atoms. The first kappa shape index (κ1) is 15.7. The zero-order valence-electron chi connectivity index (χ0n) is 12.1. The van der Waals surface area contributed by atoms with E-state index in [9.17, 15) is 14.3 Å². The molecule has 21 heavy (non-hydrogen) atoms. The van der Waals surface area contributed by atoms with Crippen LogP contribution >= 0.6 is 0 Å². The van der Waals surface area contributed by atoms with Crippen molar-refractivity contribution in [2.24, 2.45) is 0 Å². The van der Waals surface area contributed by atoms with Crippen LogP contribution in [0.2, 0.25) is 0 Å². The predicted octanol–water partition coefficient (Wildman–Crippen LogP) is 1.68. The van der Waals surface area contributed by atoms with E-state index in [0.29, 0.717) is 13.1 Å². The lowest BCUT2D eigenvalue weighted by Gasteiger charge is -2.25. The molecule has 0 saturated carbocycles. The van der Waals surface area contributed by atoms with Crippen LogP contribution in [0.25, 0.3) is 0 Å². The average molecular weight is 296 g/mol. The average Bonchev–Trinajstić information content (AvgIpc) is 2.98. The molecule has 1 aromatic carbocycles. The van der Waals surface area contributed by atoms with E-state index in [-0.39, 0.29) is 30.6 Å². The third-order valence-corrected chi connectivity index (χ3v) is 3.81. The number of carbonyl (C=O) groups excluding carboxylic acids is 1.